The molecule has 88 valence electrons. The third-order valence-electron chi connectivity index (χ3n) is 2.02. The zero-order valence-corrected chi connectivity index (χ0v) is 9.53. The summed E-state index contributed by atoms with van der Waals surface area (Å²) in [5, 5.41) is 21.1. The number of carbonyl (C=O) groups is 1. The van der Waals surface area contributed by atoms with Crippen LogP contribution in [0.15, 0.2) is 24.3 Å². The number of phenols is 1. The summed E-state index contributed by atoms with van der Waals surface area (Å²) >= 11 is 0. The number of aromatic hydroxyl groups is 1. The predicted molar refractivity (Wildman–Crippen MR) is 61.1 cm³/mol. The minimum atomic E-state index is -0.898. The number of phenolic OH excluding ortho intramolecular Hbond substituents is 1. The minimum absolute atomic E-state index is 0.146. The molecule has 0 aliphatic carbocycles. The minimum Gasteiger partial charge on any atom is -0.508 e. The number of carbonyl (C=O) groups excluding carboxylic acids is 1. The molecule has 0 atom stereocenters. The van der Waals surface area contributed by atoms with Crippen LogP contribution in [-0.2, 0) is 11.2 Å². The van der Waals surface area contributed by atoms with Crippen molar-refractivity contribution in [3.05, 3.63) is 29.8 Å². The molecule has 0 fully saturated rings. The average molecular weight is 223 g/mol. The van der Waals surface area contributed by atoms with E-state index >= 15 is 0 Å². The number of amides is 1. The van der Waals surface area contributed by atoms with Crippen LogP contribution >= 0.6 is 0 Å². The number of nitrogens with one attached hydrogen (secondary N) is 1. The normalized spacial score (nSPS) is 11.2. The molecule has 0 heterocycles. The zero-order chi connectivity index (χ0) is 12.2. The Morgan fingerprint density at radius 2 is 1.88 bits per heavy atom. The van der Waals surface area contributed by atoms with Gasteiger partial charge in [-0.2, -0.15) is 0 Å². The van der Waals surface area contributed by atoms with E-state index in [0.717, 1.165) is 5.56 Å². The van der Waals surface area contributed by atoms with Gasteiger partial charge in [0, 0.05) is 6.54 Å². The summed E-state index contributed by atoms with van der Waals surface area (Å²) in [4.78, 5) is 11.5. The van der Waals surface area contributed by atoms with Crippen molar-refractivity contribution >= 4 is 5.91 Å². The van der Waals surface area contributed by atoms with Crippen molar-refractivity contribution in [2.75, 3.05) is 6.54 Å². The average Bonchev–Trinajstić information content (AvgIpc) is 2.18. The van der Waals surface area contributed by atoms with Crippen LogP contribution in [0.25, 0.3) is 0 Å². The van der Waals surface area contributed by atoms with Gasteiger partial charge in [0.2, 0.25) is 5.91 Å². The SMILES string of the molecule is CC(C)(O)CNC(=O)Cc1ccc(O)cc1. The molecule has 1 aromatic rings. The van der Waals surface area contributed by atoms with Gasteiger partial charge in [-0.05, 0) is 31.5 Å². The van der Waals surface area contributed by atoms with Crippen LogP contribution in [-0.4, -0.2) is 28.3 Å². The fourth-order valence-corrected chi connectivity index (χ4v) is 1.18. The van der Waals surface area contributed by atoms with Gasteiger partial charge in [-0.15, -0.1) is 0 Å². The Morgan fingerprint density at radius 3 is 2.38 bits per heavy atom. The van der Waals surface area contributed by atoms with Crippen molar-refractivity contribution in [2.45, 2.75) is 25.9 Å². The predicted octanol–water partition coefficient (Wildman–Crippen LogP) is 0.822. The largest absolute Gasteiger partial charge is 0.508 e. The summed E-state index contributed by atoms with van der Waals surface area (Å²) in [7, 11) is 0. The highest BCUT2D eigenvalue weighted by Gasteiger charge is 2.13. The Balaban J connectivity index is 2.43. The molecule has 0 saturated carbocycles. The van der Waals surface area contributed by atoms with Gasteiger partial charge >= 0.3 is 0 Å². The second-order valence-corrected chi connectivity index (χ2v) is 4.43. The summed E-state index contributed by atoms with van der Waals surface area (Å²) in [5.74, 6) is 0.0356. The van der Waals surface area contributed by atoms with E-state index < -0.39 is 5.60 Å². The van der Waals surface area contributed by atoms with Crippen LogP contribution in [0.1, 0.15) is 19.4 Å². The van der Waals surface area contributed by atoms with Crippen molar-refractivity contribution in [3.63, 3.8) is 0 Å². The van der Waals surface area contributed by atoms with Crippen LogP contribution in [0, 0.1) is 0 Å². The molecule has 1 aromatic carbocycles. The van der Waals surface area contributed by atoms with Gasteiger partial charge in [-0.1, -0.05) is 12.1 Å². The molecular formula is C12H17NO3. The van der Waals surface area contributed by atoms with E-state index in [-0.39, 0.29) is 24.6 Å². The standard InChI is InChI=1S/C12H17NO3/c1-12(2,16)8-13-11(15)7-9-3-5-10(14)6-4-9/h3-6,14,16H,7-8H2,1-2H3,(H,13,15). The smallest absolute Gasteiger partial charge is 0.224 e. The maximum atomic E-state index is 11.5. The summed E-state index contributed by atoms with van der Waals surface area (Å²) in [6, 6.07) is 6.47. The fourth-order valence-electron chi connectivity index (χ4n) is 1.18. The Hall–Kier alpha value is -1.55. The van der Waals surface area contributed by atoms with Gasteiger partial charge in [-0.25, -0.2) is 0 Å². The lowest BCUT2D eigenvalue weighted by atomic mass is 10.1. The molecule has 0 aliphatic rings. The van der Waals surface area contributed by atoms with Crippen molar-refractivity contribution in [1.82, 2.24) is 5.32 Å². The van der Waals surface area contributed by atoms with Crippen LogP contribution in [0.3, 0.4) is 0 Å². The van der Waals surface area contributed by atoms with Gasteiger partial charge in [-0.3, -0.25) is 4.79 Å². The summed E-state index contributed by atoms with van der Waals surface area (Å²) in [6.07, 6.45) is 0.246. The first kappa shape index (κ1) is 12.5. The quantitative estimate of drug-likeness (QED) is 0.708. The van der Waals surface area contributed by atoms with E-state index in [0.29, 0.717) is 0 Å². The van der Waals surface area contributed by atoms with Crippen molar-refractivity contribution in [2.24, 2.45) is 0 Å². The number of hydrogen-bond acceptors (Lipinski definition) is 3. The second kappa shape index (κ2) is 4.99. The topological polar surface area (TPSA) is 69.6 Å². The van der Waals surface area contributed by atoms with Crippen molar-refractivity contribution in [1.29, 1.82) is 0 Å². The summed E-state index contributed by atoms with van der Waals surface area (Å²) < 4.78 is 0. The first-order chi connectivity index (χ1) is 7.37. The molecule has 4 nitrogen and oxygen atoms in total. The third-order valence-corrected chi connectivity index (χ3v) is 2.02. The Bertz CT molecular complexity index is 352. The van der Waals surface area contributed by atoms with Crippen LogP contribution < -0.4 is 5.32 Å². The number of aliphatic hydroxyl groups is 1. The molecule has 0 radical (unpaired) electrons. The van der Waals surface area contributed by atoms with Gasteiger partial charge < -0.3 is 15.5 Å². The van der Waals surface area contributed by atoms with E-state index in [1.54, 1.807) is 38.1 Å². The molecule has 0 bridgehead atoms. The Kier molecular flexibility index (Phi) is 3.90. The van der Waals surface area contributed by atoms with E-state index in [1.807, 2.05) is 0 Å². The van der Waals surface area contributed by atoms with E-state index in [4.69, 9.17) is 5.11 Å². The second-order valence-electron chi connectivity index (χ2n) is 4.43. The maximum Gasteiger partial charge on any atom is 0.224 e. The van der Waals surface area contributed by atoms with Gasteiger partial charge in [0.15, 0.2) is 0 Å². The van der Waals surface area contributed by atoms with Gasteiger partial charge in [0.25, 0.3) is 0 Å². The van der Waals surface area contributed by atoms with Crippen molar-refractivity contribution < 1.29 is 15.0 Å². The number of benzene rings is 1. The summed E-state index contributed by atoms with van der Waals surface area (Å²) in [5.41, 5.74) is -0.0732. The third kappa shape index (κ3) is 4.79. The lowest BCUT2D eigenvalue weighted by molar-refractivity contribution is -0.121. The molecule has 0 saturated heterocycles. The monoisotopic (exact) mass is 223 g/mol. The molecule has 0 aromatic heterocycles. The fraction of sp³-hybridized carbons (Fsp3) is 0.417. The van der Waals surface area contributed by atoms with Crippen LogP contribution in [0.5, 0.6) is 5.75 Å². The van der Waals surface area contributed by atoms with E-state index in [2.05, 4.69) is 5.32 Å². The van der Waals surface area contributed by atoms with Crippen molar-refractivity contribution in [3.8, 4) is 5.75 Å². The highest BCUT2D eigenvalue weighted by atomic mass is 16.3. The molecule has 1 rings (SSSR count). The molecule has 0 unspecified atom stereocenters. The van der Waals surface area contributed by atoms with E-state index in [1.165, 1.54) is 0 Å². The van der Waals surface area contributed by atoms with Gasteiger partial charge in [0.1, 0.15) is 5.75 Å². The first-order valence-electron chi connectivity index (χ1n) is 5.14. The summed E-state index contributed by atoms with van der Waals surface area (Å²) in [6.45, 7) is 3.49. The number of hydrogen-bond donors (Lipinski definition) is 3. The lowest BCUT2D eigenvalue weighted by Crippen LogP contribution is -2.38. The van der Waals surface area contributed by atoms with Gasteiger partial charge in [0.05, 0.1) is 12.0 Å². The molecule has 0 spiro atoms. The maximum absolute atomic E-state index is 11.5. The first-order valence-corrected chi connectivity index (χ1v) is 5.14. The zero-order valence-electron chi connectivity index (χ0n) is 9.53. The van der Waals surface area contributed by atoms with Crippen LogP contribution in [0.2, 0.25) is 0 Å². The molecule has 16 heavy (non-hydrogen) atoms. The van der Waals surface area contributed by atoms with E-state index in [9.17, 15) is 9.90 Å². The van der Waals surface area contributed by atoms with Crippen LogP contribution in [0.4, 0.5) is 0 Å². The Morgan fingerprint density at radius 1 is 1.31 bits per heavy atom. The molecule has 4 heteroatoms. The highest BCUT2D eigenvalue weighted by Crippen LogP contribution is 2.10. The molecular weight excluding hydrogens is 206 g/mol. The molecule has 0 aliphatic heterocycles. The number of rotatable bonds is 4. The Labute approximate surface area is 94.9 Å². The lowest BCUT2D eigenvalue weighted by Gasteiger charge is -2.17. The molecule has 1 amide bonds. The highest BCUT2D eigenvalue weighted by molar-refractivity contribution is 5.78. The molecule has 3 N–H and O–H groups in total.